The summed E-state index contributed by atoms with van der Waals surface area (Å²) in [5.41, 5.74) is 0. The topological polar surface area (TPSA) is 80.3 Å². The third-order valence-electron chi connectivity index (χ3n) is 0. The van der Waals surface area contributed by atoms with Crippen LogP contribution in [0.15, 0.2) is 0 Å². The Hall–Kier alpha value is 2.94. The van der Waals surface area contributed by atoms with E-state index in [2.05, 4.69) is 0 Å². The van der Waals surface area contributed by atoms with Crippen molar-refractivity contribution in [3.8, 4) is 0 Å². The van der Waals surface area contributed by atoms with Crippen molar-refractivity contribution in [3.63, 3.8) is 0 Å². The van der Waals surface area contributed by atoms with Crippen molar-refractivity contribution >= 4 is 30.8 Å². The van der Waals surface area contributed by atoms with Gasteiger partial charge in [-0.3, -0.25) is 8.42 Å². The molecule has 0 rings (SSSR count). The molecule has 0 saturated heterocycles. The van der Waals surface area contributed by atoms with Gasteiger partial charge in [-0.2, -0.15) is 0 Å². The van der Waals surface area contributed by atoms with Crippen LogP contribution in [0.3, 0.4) is 0 Å². The molecule has 0 atom stereocenters. The molecule has 4 nitrogen and oxygen atoms in total. The van der Waals surface area contributed by atoms with Gasteiger partial charge in [-0.15, -0.1) is 0 Å². The van der Waals surface area contributed by atoms with Gasteiger partial charge in [-0.1, -0.05) is 0 Å². The molecule has 0 bridgehead atoms. The molecular weight excluding hydrogens is 272 g/mol. The summed E-state index contributed by atoms with van der Waals surface area (Å²) in [6.45, 7) is 0. The van der Waals surface area contributed by atoms with Crippen LogP contribution in [0.1, 0.15) is 0 Å². The second-order valence-electron chi connectivity index (χ2n) is 0.453. The monoisotopic (exact) mass is 270 g/mol. The minimum absolute atomic E-state index is 0. The van der Waals surface area contributed by atoms with E-state index in [1.807, 2.05) is 0 Å². The van der Waals surface area contributed by atoms with Crippen LogP contribution in [0.4, 0.5) is 0 Å². The molecule has 0 unspecified atom stereocenters. The van der Waals surface area contributed by atoms with Crippen LogP contribution in [0.2, 0.25) is 0 Å². The van der Waals surface area contributed by atoms with Gasteiger partial charge in [-0.05, 0) is 0 Å². The molecule has 0 aromatic rings. The van der Waals surface area contributed by atoms with E-state index in [0.717, 1.165) is 0 Å². The quantitative estimate of drug-likeness (QED) is 0.250. The zero-order valence-electron chi connectivity index (χ0n) is 5.11. The molecule has 0 amide bonds. The van der Waals surface area contributed by atoms with Crippen molar-refractivity contribution in [1.82, 2.24) is 0 Å². The second-order valence-corrected chi connectivity index (χ2v) is 2.90. The smallest absolute Gasteiger partial charge is 1.00 e. The number of halogens is 2. The minimum atomic E-state index is -5.17. The van der Waals surface area contributed by atoms with Gasteiger partial charge in [0.15, 0.2) is 0 Å². The maximum absolute atomic E-state index is 8.52. The zero-order chi connectivity index (χ0) is 7.21. The number of hydrogen-bond donors (Lipinski definition) is 0. The summed E-state index contributed by atoms with van der Waals surface area (Å²) in [6.07, 6.45) is 0. The average Bonchev–Trinajstić information content (AvgIpc) is 1.27. The largest absolute Gasteiger partial charge is 1.00 e. The summed E-state index contributed by atoms with van der Waals surface area (Å²) in [4.78, 5) is 0. The molecule has 0 fully saturated rings. The van der Waals surface area contributed by atoms with E-state index in [0.29, 0.717) is 12.7 Å². The first-order chi connectivity index (χ1) is 3.41. The third kappa shape index (κ3) is 125. The van der Waals surface area contributed by atoms with Crippen LogP contribution >= 0.6 is 20.4 Å². The molecule has 0 aromatic heterocycles. The Morgan fingerprint density at radius 3 is 1.10 bits per heavy atom. The Labute approximate surface area is 118 Å². The Morgan fingerprint density at radius 2 is 1.10 bits per heavy atom. The second kappa shape index (κ2) is 14.5. The fourth-order valence-corrected chi connectivity index (χ4v) is 0. The summed E-state index contributed by atoms with van der Waals surface area (Å²) in [7, 11) is 4.24. The molecule has 0 spiro atoms. The van der Waals surface area contributed by atoms with Crippen molar-refractivity contribution in [2.24, 2.45) is 0 Å². The molecule has 10 heteroatoms. The molecule has 0 aliphatic rings. The molecule has 0 aliphatic carbocycles. The van der Waals surface area contributed by atoms with Crippen molar-refractivity contribution in [1.29, 1.82) is 0 Å². The Morgan fingerprint density at radius 1 is 1.10 bits per heavy atom. The van der Waals surface area contributed by atoms with Crippen LogP contribution in [-0.4, -0.2) is 17.5 Å². The molecule has 10 heavy (non-hydrogen) atoms. The van der Waals surface area contributed by atoms with Crippen LogP contribution in [0.5, 0.6) is 0 Å². The van der Waals surface area contributed by atoms with Gasteiger partial charge >= 0.3 is 92.2 Å². The van der Waals surface area contributed by atoms with E-state index in [1.165, 1.54) is 0 Å². The fraction of sp³-hybridized carbons (Fsp3) is 0. The van der Waals surface area contributed by atoms with Crippen LogP contribution in [-0.2, 0) is 23.1 Å². The molecule has 0 aromatic carbocycles. The Kier molecular flexibility index (Phi) is 33.4. The van der Waals surface area contributed by atoms with E-state index in [9.17, 15) is 0 Å². The zero-order valence-corrected chi connectivity index (χ0v) is 12.4. The summed E-state index contributed by atoms with van der Waals surface area (Å²) in [5, 5.41) is 0. The average molecular weight is 272 g/mol. The first-order valence-corrected chi connectivity index (χ1v) is 4.96. The van der Waals surface area contributed by atoms with E-state index in [4.69, 9.17) is 37.9 Å². The SMILES string of the molecule is O=S(=O)([O-])[O-].[Cl][Ni][Cl].[Na+].[Na+]. The Balaban J connectivity index is -0.0000000326. The summed E-state index contributed by atoms with van der Waals surface area (Å²) < 4.78 is 34.1. The van der Waals surface area contributed by atoms with Crippen molar-refractivity contribution in [2.75, 3.05) is 0 Å². The van der Waals surface area contributed by atoms with Gasteiger partial charge in [0.2, 0.25) is 0 Å². The fourth-order valence-electron chi connectivity index (χ4n) is 0. The van der Waals surface area contributed by atoms with Gasteiger partial charge in [0, 0.05) is 10.4 Å². The summed E-state index contributed by atoms with van der Waals surface area (Å²) in [6, 6.07) is 0. The molecular formula is Cl2Na2NiO4S. The standard InChI is InChI=1S/2ClH.2Na.Ni.H2O4S/c;;;;;1-5(2,3)4/h2*1H;;;;(H2,1,2,3,4)/q;;2*+1;+2;/p-4. The molecule has 0 N–H and O–H groups in total. The van der Waals surface area contributed by atoms with Crippen molar-refractivity contribution < 1.29 is 89.3 Å². The van der Waals surface area contributed by atoms with E-state index >= 15 is 0 Å². The Bertz CT molecular complexity index is 115. The number of rotatable bonds is 0. The first kappa shape index (κ1) is 23.1. The molecule has 0 aliphatic heterocycles. The van der Waals surface area contributed by atoms with Gasteiger partial charge < -0.3 is 9.11 Å². The van der Waals surface area contributed by atoms with E-state index in [1.54, 1.807) is 0 Å². The third-order valence-corrected chi connectivity index (χ3v) is 0. The molecule has 0 heterocycles. The summed E-state index contributed by atoms with van der Waals surface area (Å²) in [5.74, 6) is 0. The first-order valence-electron chi connectivity index (χ1n) is 0.906. The molecule has 56 valence electrons. The van der Waals surface area contributed by atoms with Crippen LogP contribution in [0.25, 0.3) is 0 Å². The minimum Gasteiger partial charge on any atom is 1.00 e. The van der Waals surface area contributed by atoms with Crippen molar-refractivity contribution in [3.05, 3.63) is 0 Å². The van der Waals surface area contributed by atoms with Gasteiger partial charge in [0.05, 0.1) is 0 Å². The number of hydrogen-bond acceptors (Lipinski definition) is 4. The van der Waals surface area contributed by atoms with Crippen LogP contribution < -0.4 is 59.1 Å². The molecule has 0 radical (unpaired) electrons. The van der Waals surface area contributed by atoms with Gasteiger partial charge in [-0.25, -0.2) is 0 Å². The molecule has 0 saturated carbocycles. The predicted octanol–water partition coefficient (Wildman–Crippen LogP) is -5.95. The van der Waals surface area contributed by atoms with Gasteiger partial charge in [0.25, 0.3) is 0 Å². The normalized spacial score (nSPS) is 8.00. The maximum atomic E-state index is 8.52. The predicted molar refractivity (Wildman–Crippen MR) is 22.2 cm³/mol. The van der Waals surface area contributed by atoms with Crippen LogP contribution in [0, 0.1) is 0 Å². The summed E-state index contributed by atoms with van der Waals surface area (Å²) >= 11 is 0.569. The van der Waals surface area contributed by atoms with E-state index < -0.39 is 10.4 Å². The van der Waals surface area contributed by atoms with Crippen molar-refractivity contribution in [2.45, 2.75) is 0 Å². The van der Waals surface area contributed by atoms with Gasteiger partial charge in [0.1, 0.15) is 0 Å². The maximum Gasteiger partial charge on any atom is 1.00 e. The van der Waals surface area contributed by atoms with E-state index in [-0.39, 0.29) is 59.1 Å².